The Morgan fingerprint density at radius 1 is 1.26 bits per heavy atom. The summed E-state index contributed by atoms with van der Waals surface area (Å²) in [5.74, 6) is 3.51. The molecule has 1 unspecified atom stereocenters. The smallest absolute Gasteiger partial charge is 0.136 e. The Labute approximate surface area is 116 Å². The first-order valence-electron chi connectivity index (χ1n) is 7.62. The van der Waals surface area contributed by atoms with Gasteiger partial charge in [-0.05, 0) is 33.1 Å². The first-order chi connectivity index (χ1) is 9.22. The lowest BCUT2D eigenvalue weighted by Gasteiger charge is -2.15. The third kappa shape index (κ3) is 4.37. The molecule has 1 aliphatic carbocycles. The predicted molar refractivity (Wildman–Crippen MR) is 80.8 cm³/mol. The van der Waals surface area contributed by atoms with Crippen molar-refractivity contribution in [1.29, 1.82) is 0 Å². The van der Waals surface area contributed by atoms with Gasteiger partial charge in [-0.1, -0.05) is 19.8 Å². The van der Waals surface area contributed by atoms with Crippen LogP contribution in [0.5, 0.6) is 0 Å². The van der Waals surface area contributed by atoms with E-state index in [0.717, 1.165) is 24.0 Å². The second-order valence-electron chi connectivity index (χ2n) is 5.49. The first-order valence-corrected chi connectivity index (χ1v) is 7.62. The van der Waals surface area contributed by atoms with Gasteiger partial charge in [0, 0.05) is 24.6 Å². The summed E-state index contributed by atoms with van der Waals surface area (Å²) < 4.78 is 0. The maximum Gasteiger partial charge on any atom is 0.136 e. The monoisotopic (exact) mass is 262 g/mol. The van der Waals surface area contributed by atoms with Gasteiger partial charge in [-0.2, -0.15) is 0 Å². The molecule has 2 N–H and O–H groups in total. The summed E-state index contributed by atoms with van der Waals surface area (Å²) in [6, 6.07) is 2.49. The number of rotatable bonds is 8. The Hall–Kier alpha value is -1.32. The molecule has 4 heteroatoms. The molecule has 19 heavy (non-hydrogen) atoms. The minimum Gasteiger partial charge on any atom is -0.370 e. The molecule has 1 saturated carbocycles. The molecule has 0 bridgehead atoms. The Morgan fingerprint density at radius 2 is 2.00 bits per heavy atom. The molecule has 1 atom stereocenters. The van der Waals surface area contributed by atoms with Gasteiger partial charge < -0.3 is 10.6 Å². The average Bonchev–Trinajstić information content (AvgIpc) is 3.20. The molecule has 1 aromatic rings. The zero-order valence-corrected chi connectivity index (χ0v) is 12.4. The quantitative estimate of drug-likeness (QED) is 0.748. The molecule has 106 valence electrons. The first kappa shape index (κ1) is 14.1. The lowest BCUT2D eigenvalue weighted by molar-refractivity contribution is 0.642. The molecular formula is C15H26N4. The van der Waals surface area contributed by atoms with Crippen molar-refractivity contribution in [3.05, 3.63) is 11.9 Å². The lowest BCUT2D eigenvalue weighted by atomic mass is 10.1. The van der Waals surface area contributed by atoms with Gasteiger partial charge in [0.15, 0.2) is 0 Å². The number of nitrogens with one attached hydrogen (secondary N) is 2. The van der Waals surface area contributed by atoms with Crippen LogP contribution in [0, 0.1) is 0 Å². The highest BCUT2D eigenvalue weighted by Gasteiger charge is 2.27. The van der Waals surface area contributed by atoms with E-state index < -0.39 is 0 Å². The summed E-state index contributed by atoms with van der Waals surface area (Å²) in [6.07, 6.45) is 6.16. The highest BCUT2D eigenvalue weighted by Crippen LogP contribution is 2.38. The summed E-state index contributed by atoms with van der Waals surface area (Å²) in [4.78, 5) is 9.26. The Kier molecular flexibility index (Phi) is 5.00. The Balaban J connectivity index is 2.05. The van der Waals surface area contributed by atoms with Crippen LogP contribution in [-0.4, -0.2) is 22.6 Å². The van der Waals surface area contributed by atoms with Gasteiger partial charge in [-0.15, -0.1) is 0 Å². The maximum absolute atomic E-state index is 4.66. The van der Waals surface area contributed by atoms with Gasteiger partial charge >= 0.3 is 0 Å². The number of aromatic nitrogens is 2. The van der Waals surface area contributed by atoms with E-state index in [4.69, 9.17) is 0 Å². The van der Waals surface area contributed by atoms with Gasteiger partial charge in [0.25, 0.3) is 0 Å². The number of hydrogen-bond acceptors (Lipinski definition) is 4. The van der Waals surface area contributed by atoms with E-state index in [9.17, 15) is 0 Å². The molecule has 0 saturated heterocycles. The molecular weight excluding hydrogens is 236 g/mol. The molecule has 4 nitrogen and oxygen atoms in total. The molecule has 0 aromatic carbocycles. The van der Waals surface area contributed by atoms with Gasteiger partial charge in [0.2, 0.25) is 0 Å². The number of anilines is 2. The van der Waals surface area contributed by atoms with Gasteiger partial charge in [-0.3, -0.25) is 0 Å². The molecule has 0 radical (unpaired) electrons. The molecule has 1 aliphatic rings. The van der Waals surface area contributed by atoms with Crippen LogP contribution < -0.4 is 10.6 Å². The van der Waals surface area contributed by atoms with Gasteiger partial charge in [0.1, 0.15) is 17.5 Å². The average molecular weight is 262 g/mol. The third-order valence-electron chi connectivity index (χ3n) is 3.43. The van der Waals surface area contributed by atoms with Crippen LogP contribution >= 0.6 is 0 Å². The second-order valence-corrected chi connectivity index (χ2v) is 5.49. The van der Waals surface area contributed by atoms with Crippen molar-refractivity contribution in [3.63, 3.8) is 0 Å². The Morgan fingerprint density at radius 3 is 2.63 bits per heavy atom. The van der Waals surface area contributed by atoms with Crippen molar-refractivity contribution >= 4 is 11.6 Å². The maximum atomic E-state index is 4.66. The van der Waals surface area contributed by atoms with Crippen LogP contribution in [0.3, 0.4) is 0 Å². The molecule has 0 aliphatic heterocycles. The summed E-state index contributed by atoms with van der Waals surface area (Å²) in [5, 5.41) is 6.80. The minimum atomic E-state index is 0.469. The van der Waals surface area contributed by atoms with Crippen molar-refractivity contribution in [1.82, 2.24) is 9.97 Å². The summed E-state index contributed by atoms with van der Waals surface area (Å²) in [7, 11) is 0. The largest absolute Gasteiger partial charge is 0.370 e. The van der Waals surface area contributed by atoms with Crippen LogP contribution in [0.1, 0.15) is 64.6 Å². The fraction of sp³-hybridized carbons (Fsp3) is 0.733. The normalized spacial score (nSPS) is 16.2. The van der Waals surface area contributed by atoms with Crippen LogP contribution in [0.4, 0.5) is 11.6 Å². The topological polar surface area (TPSA) is 49.8 Å². The van der Waals surface area contributed by atoms with E-state index in [1.807, 2.05) is 6.07 Å². The van der Waals surface area contributed by atoms with Crippen LogP contribution in [0.15, 0.2) is 6.07 Å². The van der Waals surface area contributed by atoms with E-state index in [2.05, 4.69) is 41.4 Å². The van der Waals surface area contributed by atoms with E-state index in [-0.39, 0.29) is 0 Å². The van der Waals surface area contributed by atoms with Crippen molar-refractivity contribution in [2.24, 2.45) is 0 Å². The fourth-order valence-corrected chi connectivity index (χ4v) is 2.17. The summed E-state index contributed by atoms with van der Waals surface area (Å²) in [6.45, 7) is 7.44. The summed E-state index contributed by atoms with van der Waals surface area (Å²) >= 11 is 0. The van der Waals surface area contributed by atoms with Crippen molar-refractivity contribution in [2.45, 2.75) is 64.8 Å². The van der Waals surface area contributed by atoms with Crippen LogP contribution in [-0.2, 0) is 0 Å². The lowest BCUT2D eigenvalue weighted by Crippen LogP contribution is -2.17. The van der Waals surface area contributed by atoms with Crippen molar-refractivity contribution in [3.8, 4) is 0 Å². The second kappa shape index (κ2) is 6.73. The van der Waals surface area contributed by atoms with Crippen LogP contribution in [0.25, 0.3) is 0 Å². The predicted octanol–water partition coefficient (Wildman–Crippen LogP) is 3.78. The summed E-state index contributed by atoms with van der Waals surface area (Å²) in [5.41, 5.74) is 0. The van der Waals surface area contributed by atoms with E-state index in [1.165, 1.54) is 32.1 Å². The van der Waals surface area contributed by atoms with Gasteiger partial charge in [0.05, 0.1) is 0 Å². The number of unbranched alkanes of at least 4 members (excludes halogenated alkanes) is 1. The minimum absolute atomic E-state index is 0.469. The Bertz CT molecular complexity index is 401. The molecule has 2 rings (SSSR count). The fourth-order valence-electron chi connectivity index (χ4n) is 2.17. The number of hydrogen-bond donors (Lipinski definition) is 2. The standard InChI is InChI=1S/C15H26N4/c1-4-6-7-11(3)17-14-10-13(16-5-2)18-15(19-14)12-8-9-12/h10-12H,4-9H2,1-3H3,(H2,16,17,18,19). The third-order valence-corrected chi connectivity index (χ3v) is 3.43. The van der Waals surface area contributed by atoms with Crippen molar-refractivity contribution < 1.29 is 0 Å². The molecule has 1 fully saturated rings. The SMILES string of the molecule is CCCCC(C)Nc1cc(NCC)nc(C2CC2)n1. The van der Waals surface area contributed by atoms with E-state index in [1.54, 1.807) is 0 Å². The van der Waals surface area contributed by atoms with Gasteiger partial charge in [-0.25, -0.2) is 9.97 Å². The molecule has 0 amide bonds. The van der Waals surface area contributed by atoms with Crippen molar-refractivity contribution in [2.75, 3.05) is 17.2 Å². The zero-order valence-electron chi connectivity index (χ0n) is 12.4. The highest BCUT2D eigenvalue weighted by molar-refractivity contribution is 5.48. The zero-order chi connectivity index (χ0) is 13.7. The molecule has 1 heterocycles. The molecule has 1 aromatic heterocycles. The van der Waals surface area contributed by atoms with Crippen LogP contribution in [0.2, 0.25) is 0 Å². The highest BCUT2D eigenvalue weighted by atomic mass is 15.1. The van der Waals surface area contributed by atoms with E-state index in [0.29, 0.717) is 12.0 Å². The molecule has 0 spiro atoms. The number of nitrogens with zero attached hydrogens (tertiary/aromatic N) is 2. The van der Waals surface area contributed by atoms with E-state index >= 15 is 0 Å².